The molecule has 0 bridgehead atoms. The Balaban J connectivity index is 1.43. The maximum absolute atomic E-state index is 6.02. The van der Waals surface area contributed by atoms with Crippen LogP contribution in [0.3, 0.4) is 0 Å². The highest BCUT2D eigenvalue weighted by Gasteiger charge is 2.06. The van der Waals surface area contributed by atoms with Crippen molar-refractivity contribution in [2.45, 2.75) is 77.6 Å². The summed E-state index contributed by atoms with van der Waals surface area (Å²) in [5, 5.41) is 0. The van der Waals surface area contributed by atoms with Crippen LogP contribution < -0.4 is 4.74 Å². The molecule has 1 heterocycles. The van der Waals surface area contributed by atoms with Crippen LogP contribution in [0.4, 0.5) is 0 Å². The van der Waals surface area contributed by atoms with E-state index in [1.807, 2.05) is 36.7 Å². The number of unbranched alkanes of at least 4 members (excludes halogenated alkanes) is 5. The summed E-state index contributed by atoms with van der Waals surface area (Å²) in [6, 6.07) is 18.8. The molecule has 0 spiro atoms. The molecular weight excluding hydrogens is 392 g/mol. The number of aromatic nitrogens is 2. The van der Waals surface area contributed by atoms with Gasteiger partial charge in [0.1, 0.15) is 5.75 Å². The standard InChI is InChI=1S/C29H38N2O/c1-3-4-5-6-7-9-15-25-22-30-29(31-23-25)27-18-12-19-28(21-27)32-20-13-14-24(2)26-16-10-8-11-17-26/h8,10-12,16-19,21-24H,3-7,9,13-15,20H2,1-2H3. The summed E-state index contributed by atoms with van der Waals surface area (Å²) in [6.45, 7) is 5.26. The van der Waals surface area contributed by atoms with E-state index < -0.39 is 0 Å². The first kappa shape index (κ1) is 24.0. The third-order valence-electron chi connectivity index (χ3n) is 6.04. The van der Waals surface area contributed by atoms with Gasteiger partial charge in [-0.25, -0.2) is 9.97 Å². The summed E-state index contributed by atoms with van der Waals surface area (Å²) < 4.78 is 6.02. The first-order chi connectivity index (χ1) is 15.8. The Bertz CT molecular complexity index is 893. The van der Waals surface area contributed by atoms with E-state index in [4.69, 9.17) is 4.74 Å². The van der Waals surface area contributed by atoms with Gasteiger partial charge in [-0.3, -0.25) is 0 Å². The lowest BCUT2D eigenvalue weighted by molar-refractivity contribution is 0.303. The molecule has 0 saturated carbocycles. The summed E-state index contributed by atoms with van der Waals surface area (Å²) >= 11 is 0. The van der Waals surface area contributed by atoms with Gasteiger partial charge in [-0.1, -0.05) is 88.4 Å². The van der Waals surface area contributed by atoms with Crippen molar-refractivity contribution in [1.29, 1.82) is 0 Å². The summed E-state index contributed by atoms with van der Waals surface area (Å²) in [7, 11) is 0. The topological polar surface area (TPSA) is 35.0 Å². The Morgan fingerprint density at radius 1 is 0.812 bits per heavy atom. The van der Waals surface area contributed by atoms with E-state index in [2.05, 4.69) is 54.1 Å². The molecular formula is C29H38N2O. The second-order valence-corrected chi connectivity index (χ2v) is 8.76. The number of hydrogen-bond acceptors (Lipinski definition) is 3. The van der Waals surface area contributed by atoms with Crippen LogP contribution in [0.1, 0.15) is 82.3 Å². The molecule has 1 aromatic heterocycles. The fraction of sp³-hybridized carbons (Fsp3) is 0.448. The quantitative estimate of drug-likeness (QED) is 0.243. The molecule has 0 aliphatic carbocycles. The van der Waals surface area contributed by atoms with Crippen LogP contribution in [0.25, 0.3) is 11.4 Å². The Labute approximate surface area is 194 Å². The van der Waals surface area contributed by atoms with E-state index >= 15 is 0 Å². The Kier molecular flexibility index (Phi) is 10.2. The number of hydrogen-bond donors (Lipinski definition) is 0. The normalized spacial score (nSPS) is 11.9. The lowest BCUT2D eigenvalue weighted by atomic mass is 9.97. The average Bonchev–Trinajstić information content (AvgIpc) is 2.85. The minimum atomic E-state index is 0.550. The van der Waals surface area contributed by atoms with Gasteiger partial charge in [0.05, 0.1) is 6.61 Å². The fourth-order valence-corrected chi connectivity index (χ4v) is 4.00. The van der Waals surface area contributed by atoms with Gasteiger partial charge in [0.25, 0.3) is 0 Å². The van der Waals surface area contributed by atoms with E-state index in [1.54, 1.807) is 0 Å². The molecule has 0 aliphatic heterocycles. The van der Waals surface area contributed by atoms with E-state index in [9.17, 15) is 0 Å². The molecule has 0 aliphatic rings. The molecule has 1 atom stereocenters. The first-order valence-electron chi connectivity index (χ1n) is 12.4. The number of aryl methyl sites for hydroxylation is 1. The number of rotatable bonds is 14. The van der Waals surface area contributed by atoms with Gasteiger partial charge in [-0.2, -0.15) is 0 Å². The summed E-state index contributed by atoms with van der Waals surface area (Å²) in [5.74, 6) is 2.20. The van der Waals surface area contributed by atoms with Crippen LogP contribution in [0.15, 0.2) is 67.0 Å². The van der Waals surface area contributed by atoms with Crippen molar-refractivity contribution in [3.63, 3.8) is 0 Å². The fourth-order valence-electron chi connectivity index (χ4n) is 4.00. The highest BCUT2D eigenvalue weighted by Crippen LogP contribution is 2.23. The molecule has 3 heteroatoms. The first-order valence-corrected chi connectivity index (χ1v) is 12.4. The molecule has 0 N–H and O–H groups in total. The van der Waals surface area contributed by atoms with Gasteiger partial charge < -0.3 is 4.74 Å². The SMILES string of the molecule is CCCCCCCCc1cnc(-c2cccc(OCCCC(C)c3ccccc3)c2)nc1. The summed E-state index contributed by atoms with van der Waals surface area (Å²) in [4.78, 5) is 9.21. The molecule has 3 rings (SSSR count). The van der Waals surface area contributed by atoms with Gasteiger partial charge in [0.15, 0.2) is 5.82 Å². The molecule has 170 valence electrons. The van der Waals surface area contributed by atoms with Gasteiger partial charge in [0, 0.05) is 18.0 Å². The van der Waals surface area contributed by atoms with Crippen LogP contribution in [0.5, 0.6) is 5.75 Å². The molecule has 0 saturated heterocycles. The molecule has 32 heavy (non-hydrogen) atoms. The largest absolute Gasteiger partial charge is 0.494 e. The predicted octanol–water partition coefficient (Wildman–Crippen LogP) is 8.01. The van der Waals surface area contributed by atoms with Crippen LogP contribution in [-0.4, -0.2) is 16.6 Å². The molecule has 3 nitrogen and oxygen atoms in total. The minimum absolute atomic E-state index is 0.550. The molecule has 0 fully saturated rings. The van der Waals surface area contributed by atoms with Gasteiger partial charge in [-0.05, 0) is 54.9 Å². The smallest absolute Gasteiger partial charge is 0.159 e. The second kappa shape index (κ2) is 13.7. The predicted molar refractivity (Wildman–Crippen MR) is 134 cm³/mol. The maximum atomic E-state index is 6.02. The Morgan fingerprint density at radius 2 is 1.56 bits per heavy atom. The zero-order valence-corrected chi connectivity index (χ0v) is 19.8. The molecule has 0 amide bonds. The van der Waals surface area contributed by atoms with Crippen LogP contribution >= 0.6 is 0 Å². The lowest BCUT2D eigenvalue weighted by Gasteiger charge is -2.12. The van der Waals surface area contributed by atoms with Crippen molar-refractivity contribution in [3.8, 4) is 17.1 Å². The Hall–Kier alpha value is -2.68. The molecule has 2 aromatic carbocycles. The van der Waals surface area contributed by atoms with Gasteiger partial charge >= 0.3 is 0 Å². The zero-order chi connectivity index (χ0) is 22.4. The third-order valence-corrected chi connectivity index (χ3v) is 6.04. The molecule has 3 aromatic rings. The van der Waals surface area contributed by atoms with Crippen LogP contribution in [0.2, 0.25) is 0 Å². The highest BCUT2D eigenvalue weighted by atomic mass is 16.5. The van der Waals surface area contributed by atoms with E-state index in [1.165, 1.54) is 49.7 Å². The van der Waals surface area contributed by atoms with Crippen LogP contribution in [0, 0.1) is 0 Å². The lowest BCUT2D eigenvalue weighted by Crippen LogP contribution is -2.01. The van der Waals surface area contributed by atoms with Gasteiger partial charge in [-0.15, -0.1) is 0 Å². The Morgan fingerprint density at radius 3 is 2.34 bits per heavy atom. The molecule has 1 unspecified atom stereocenters. The minimum Gasteiger partial charge on any atom is -0.494 e. The maximum Gasteiger partial charge on any atom is 0.159 e. The zero-order valence-electron chi connectivity index (χ0n) is 19.8. The van der Waals surface area contributed by atoms with Gasteiger partial charge in [0.2, 0.25) is 0 Å². The summed E-state index contributed by atoms with van der Waals surface area (Å²) in [5.41, 5.74) is 3.63. The monoisotopic (exact) mass is 430 g/mol. The third kappa shape index (κ3) is 8.11. The van der Waals surface area contributed by atoms with E-state index in [0.29, 0.717) is 5.92 Å². The second-order valence-electron chi connectivity index (χ2n) is 8.76. The van der Waals surface area contributed by atoms with E-state index in [0.717, 1.165) is 43.0 Å². The number of ether oxygens (including phenoxy) is 1. The van der Waals surface area contributed by atoms with Crippen molar-refractivity contribution >= 4 is 0 Å². The number of benzene rings is 2. The van der Waals surface area contributed by atoms with E-state index in [-0.39, 0.29) is 0 Å². The van der Waals surface area contributed by atoms with Crippen molar-refractivity contribution in [2.24, 2.45) is 0 Å². The van der Waals surface area contributed by atoms with Crippen molar-refractivity contribution < 1.29 is 4.74 Å². The highest BCUT2D eigenvalue weighted by molar-refractivity contribution is 5.57. The van der Waals surface area contributed by atoms with Crippen LogP contribution in [-0.2, 0) is 6.42 Å². The molecule has 0 radical (unpaired) electrons. The van der Waals surface area contributed by atoms with Crippen molar-refractivity contribution in [1.82, 2.24) is 9.97 Å². The van der Waals surface area contributed by atoms with Crippen molar-refractivity contribution in [3.05, 3.63) is 78.1 Å². The summed E-state index contributed by atoms with van der Waals surface area (Å²) in [6.07, 6.45) is 15.0. The average molecular weight is 431 g/mol. The van der Waals surface area contributed by atoms with Crippen molar-refractivity contribution in [2.75, 3.05) is 6.61 Å². The number of nitrogens with zero attached hydrogens (tertiary/aromatic N) is 2.